The fourth-order valence-corrected chi connectivity index (χ4v) is 6.96. The highest BCUT2D eigenvalue weighted by atomic mass is 35.5. The number of nitrogens with zero attached hydrogens (tertiary/aromatic N) is 1. The van der Waals surface area contributed by atoms with Crippen molar-refractivity contribution in [3.05, 3.63) is 53.3 Å². The summed E-state index contributed by atoms with van der Waals surface area (Å²) in [6.45, 7) is 0. The zero-order chi connectivity index (χ0) is 22.8. The zero-order valence-corrected chi connectivity index (χ0v) is 19.0. The van der Waals surface area contributed by atoms with Crippen molar-refractivity contribution in [1.82, 2.24) is 5.06 Å². The van der Waals surface area contributed by atoms with Crippen LogP contribution in [-0.2, 0) is 19.5 Å². The molecule has 1 saturated carbocycles. The predicted molar refractivity (Wildman–Crippen MR) is 114 cm³/mol. The molecule has 1 aromatic rings. The van der Waals surface area contributed by atoms with Crippen molar-refractivity contribution in [1.29, 1.82) is 0 Å². The minimum atomic E-state index is -4.03. The molecule has 1 unspecified atom stereocenters. The number of hydrogen-bond donors (Lipinski definition) is 0. The molecule has 9 heteroatoms. The molecule has 3 rings (SSSR count). The molecule has 0 N–H and O–H groups in total. The smallest absolute Gasteiger partial charge is 0.246 e. The summed E-state index contributed by atoms with van der Waals surface area (Å²) in [7, 11) is -1.13. The molecule has 0 saturated heterocycles. The number of sulfone groups is 1. The molecule has 0 spiro atoms. The molecule has 0 heterocycles. The van der Waals surface area contributed by atoms with E-state index in [0.29, 0.717) is 17.9 Å². The van der Waals surface area contributed by atoms with Gasteiger partial charge in [-0.2, -0.15) is 0 Å². The third-order valence-corrected chi connectivity index (χ3v) is 9.32. The first kappa shape index (κ1) is 23.9. The molecule has 5 nitrogen and oxygen atoms in total. The van der Waals surface area contributed by atoms with Gasteiger partial charge in [-0.15, -0.1) is 0 Å². The van der Waals surface area contributed by atoms with E-state index in [9.17, 15) is 22.0 Å². The third kappa shape index (κ3) is 4.71. The van der Waals surface area contributed by atoms with E-state index in [4.69, 9.17) is 16.4 Å². The lowest BCUT2D eigenvalue weighted by molar-refractivity contribution is -0.170. The minimum absolute atomic E-state index is 0.0288. The molecule has 0 aromatic heterocycles. The summed E-state index contributed by atoms with van der Waals surface area (Å²) in [5.74, 6) is -2.08. The first-order chi connectivity index (χ1) is 14.6. The largest absolute Gasteiger partial charge is 0.275 e. The van der Waals surface area contributed by atoms with E-state index in [1.165, 1.54) is 38.4 Å². The summed E-state index contributed by atoms with van der Waals surface area (Å²) in [5, 5.41) is 1.51. The average molecular weight is 474 g/mol. The minimum Gasteiger partial charge on any atom is -0.275 e. The number of hydrogen-bond acceptors (Lipinski definition) is 4. The average Bonchev–Trinajstić information content (AvgIpc) is 2.75. The fourth-order valence-electron chi connectivity index (χ4n) is 4.54. The highest BCUT2D eigenvalue weighted by Gasteiger charge is 2.54. The number of hydroxylamine groups is 2. The Morgan fingerprint density at radius 3 is 2.45 bits per heavy atom. The Balaban J connectivity index is 1.95. The Hall–Kier alpha value is -1.77. The first-order valence-electron chi connectivity index (χ1n) is 10.1. The van der Waals surface area contributed by atoms with Crippen molar-refractivity contribution >= 4 is 27.3 Å². The van der Waals surface area contributed by atoms with Gasteiger partial charge in [-0.05, 0) is 74.1 Å². The van der Waals surface area contributed by atoms with E-state index >= 15 is 0 Å². The lowest BCUT2D eigenvalue weighted by atomic mass is 9.71. The van der Waals surface area contributed by atoms with Gasteiger partial charge in [0.15, 0.2) is 9.84 Å². The SMILES string of the molecule is CON(C)C(=O)C[C@H]1CC[C@@]([C@@H]2C=C(F)C=CC2F)(S(=O)(=O)c2ccc(Cl)cc2)CC1. The second-order valence-electron chi connectivity index (χ2n) is 8.12. The van der Waals surface area contributed by atoms with Gasteiger partial charge in [0.25, 0.3) is 0 Å². The maximum Gasteiger partial charge on any atom is 0.246 e. The van der Waals surface area contributed by atoms with Crippen LogP contribution in [0.25, 0.3) is 0 Å². The van der Waals surface area contributed by atoms with E-state index in [0.717, 1.165) is 23.3 Å². The van der Waals surface area contributed by atoms with E-state index in [1.807, 2.05) is 0 Å². The standard InChI is InChI=1S/C22H26ClF2NO4S/c1-26(30-2)21(27)13-15-9-11-22(12-10-15,19-14-17(24)5-8-20(19)25)31(28,29)18-6-3-16(23)4-7-18/h3-8,14-15,19-20H,9-13H2,1-2H3/t15-,19-,20?,22+/m1/s1. The van der Waals surface area contributed by atoms with E-state index in [2.05, 4.69) is 0 Å². The van der Waals surface area contributed by atoms with E-state index in [1.54, 1.807) is 0 Å². The number of alkyl halides is 1. The van der Waals surface area contributed by atoms with Crippen LogP contribution in [0.3, 0.4) is 0 Å². The molecular formula is C22H26ClF2NO4S. The summed E-state index contributed by atoms with van der Waals surface area (Å²) in [6, 6.07) is 5.73. The van der Waals surface area contributed by atoms with Gasteiger partial charge in [0.05, 0.1) is 16.8 Å². The zero-order valence-electron chi connectivity index (χ0n) is 17.4. The van der Waals surface area contributed by atoms with E-state index < -0.39 is 32.5 Å². The molecule has 1 amide bonds. The van der Waals surface area contributed by atoms with Crippen molar-refractivity contribution in [2.75, 3.05) is 14.2 Å². The van der Waals surface area contributed by atoms with Gasteiger partial charge in [-0.25, -0.2) is 22.3 Å². The monoisotopic (exact) mass is 473 g/mol. The number of amides is 1. The molecule has 170 valence electrons. The maximum atomic E-state index is 15.0. The van der Waals surface area contributed by atoms with Crippen LogP contribution < -0.4 is 0 Å². The molecule has 0 bridgehead atoms. The van der Waals surface area contributed by atoms with Crippen LogP contribution in [0.15, 0.2) is 53.2 Å². The van der Waals surface area contributed by atoms with Crippen LogP contribution in [0, 0.1) is 11.8 Å². The van der Waals surface area contributed by atoms with E-state index in [-0.39, 0.29) is 36.0 Å². The van der Waals surface area contributed by atoms with Crippen LogP contribution in [0.4, 0.5) is 8.78 Å². The lowest BCUT2D eigenvalue weighted by Crippen LogP contribution is -2.51. The molecule has 31 heavy (non-hydrogen) atoms. The summed E-state index contributed by atoms with van der Waals surface area (Å²) < 4.78 is 55.1. The first-order valence-corrected chi connectivity index (χ1v) is 12.0. The predicted octanol–water partition coefficient (Wildman–Crippen LogP) is 4.83. The second kappa shape index (κ2) is 9.38. The Kier molecular flexibility index (Phi) is 7.23. The molecule has 1 aromatic carbocycles. The molecule has 2 aliphatic carbocycles. The normalized spacial score (nSPS) is 28.8. The Bertz CT molecular complexity index is 970. The van der Waals surface area contributed by atoms with Crippen LogP contribution in [0.1, 0.15) is 32.1 Å². The Labute approximate surface area is 186 Å². The third-order valence-electron chi connectivity index (χ3n) is 6.43. The summed E-state index contributed by atoms with van der Waals surface area (Å²) in [4.78, 5) is 17.1. The maximum absolute atomic E-state index is 15.0. The molecule has 0 aliphatic heterocycles. The Morgan fingerprint density at radius 2 is 1.87 bits per heavy atom. The fraction of sp³-hybridized carbons (Fsp3) is 0.500. The number of rotatable bonds is 6. The van der Waals surface area contributed by atoms with Crippen molar-refractivity contribution in [2.45, 2.75) is 47.9 Å². The van der Waals surface area contributed by atoms with Crippen LogP contribution >= 0.6 is 11.6 Å². The van der Waals surface area contributed by atoms with Gasteiger partial charge in [0.2, 0.25) is 5.91 Å². The van der Waals surface area contributed by atoms with Gasteiger partial charge in [0, 0.05) is 24.4 Å². The van der Waals surface area contributed by atoms with Crippen LogP contribution in [0.2, 0.25) is 5.02 Å². The van der Waals surface area contributed by atoms with Gasteiger partial charge < -0.3 is 0 Å². The van der Waals surface area contributed by atoms with Gasteiger partial charge in [-0.1, -0.05) is 11.6 Å². The summed E-state index contributed by atoms with van der Waals surface area (Å²) in [6.07, 6.45) is 2.80. The number of halogens is 3. The number of benzene rings is 1. The van der Waals surface area contributed by atoms with Crippen LogP contribution in [-0.4, -0.2) is 44.5 Å². The molecule has 1 fully saturated rings. The molecular weight excluding hydrogens is 448 g/mol. The van der Waals surface area contributed by atoms with Crippen molar-refractivity contribution in [3.8, 4) is 0 Å². The highest BCUT2D eigenvalue weighted by Crippen LogP contribution is 2.50. The van der Waals surface area contributed by atoms with Crippen molar-refractivity contribution in [3.63, 3.8) is 0 Å². The molecule has 0 radical (unpaired) electrons. The summed E-state index contributed by atoms with van der Waals surface area (Å²) >= 11 is 5.91. The lowest BCUT2D eigenvalue weighted by Gasteiger charge is -2.45. The summed E-state index contributed by atoms with van der Waals surface area (Å²) in [5.41, 5.74) is 0. The molecule has 2 atom stereocenters. The molecule has 2 aliphatic rings. The van der Waals surface area contributed by atoms with Gasteiger partial charge in [-0.3, -0.25) is 9.63 Å². The quantitative estimate of drug-likeness (QED) is 0.555. The number of allylic oxidation sites excluding steroid dienone is 4. The van der Waals surface area contributed by atoms with Crippen molar-refractivity contribution in [2.24, 2.45) is 11.8 Å². The van der Waals surface area contributed by atoms with Crippen LogP contribution in [0.5, 0.6) is 0 Å². The highest BCUT2D eigenvalue weighted by molar-refractivity contribution is 7.92. The number of carbonyl (C=O) groups excluding carboxylic acids is 1. The van der Waals surface area contributed by atoms with Gasteiger partial charge >= 0.3 is 0 Å². The number of carbonyl (C=O) groups is 1. The van der Waals surface area contributed by atoms with Crippen molar-refractivity contribution < 1.29 is 26.8 Å². The second-order valence-corrected chi connectivity index (χ2v) is 10.9. The van der Waals surface area contributed by atoms with Gasteiger partial charge in [0.1, 0.15) is 12.0 Å². The Morgan fingerprint density at radius 1 is 1.26 bits per heavy atom. The topological polar surface area (TPSA) is 63.7 Å².